The van der Waals surface area contributed by atoms with Crippen LogP contribution < -0.4 is 0 Å². The normalized spacial score (nSPS) is 17.8. The van der Waals surface area contributed by atoms with E-state index in [-0.39, 0.29) is 11.2 Å². The molecule has 2 aromatic rings. The Hall–Kier alpha value is -1.63. The number of carbonyl (C=O) groups excluding carboxylic acids is 1. The first-order chi connectivity index (χ1) is 7.59. The van der Waals surface area contributed by atoms with Gasteiger partial charge in [-0.2, -0.15) is 0 Å². The van der Waals surface area contributed by atoms with Gasteiger partial charge in [-0.25, -0.2) is 0 Å². The van der Waals surface area contributed by atoms with Crippen LogP contribution in [0.5, 0.6) is 0 Å². The highest BCUT2D eigenvalue weighted by molar-refractivity contribution is 6.07. The highest BCUT2D eigenvalue weighted by Crippen LogP contribution is 2.42. The van der Waals surface area contributed by atoms with Gasteiger partial charge in [0, 0.05) is 12.0 Å². The van der Waals surface area contributed by atoms with Crippen molar-refractivity contribution in [1.29, 1.82) is 0 Å². The van der Waals surface area contributed by atoms with E-state index in [1.54, 1.807) is 0 Å². The average Bonchev–Trinajstić information content (AvgIpc) is 2.49. The molecule has 0 heterocycles. The molecule has 1 aliphatic carbocycles. The monoisotopic (exact) mass is 210 g/mol. The van der Waals surface area contributed by atoms with Gasteiger partial charge in [-0.1, -0.05) is 50.2 Å². The van der Waals surface area contributed by atoms with Crippen LogP contribution in [0, 0.1) is 0 Å². The number of carbonyl (C=O) groups is 1. The smallest absolute Gasteiger partial charge is 0.164 e. The maximum absolute atomic E-state index is 11.9. The molecule has 0 spiro atoms. The number of hydrogen-bond acceptors (Lipinski definition) is 1. The number of benzene rings is 2. The average molecular weight is 210 g/mol. The fourth-order valence-corrected chi connectivity index (χ4v) is 2.82. The lowest BCUT2D eigenvalue weighted by molar-refractivity contribution is 0.0979. The lowest BCUT2D eigenvalue weighted by atomic mass is 9.83. The summed E-state index contributed by atoms with van der Waals surface area (Å²) >= 11 is 0. The molecule has 1 nitrogen and oxygen atoms in total. The highest BCUT2D eigenvalue weighted by Gasteiger charge is 2.36. The first-order valence-electron chi connectivity index (χ1n) is 5.65. The van der Waals surface area contributed by atoms with Gasteiger partial charge in [-0.05, 0) is 21.8 Å². The molecule has 0 saturated heterocycles. The Balaban J connectivity index is 2.47. The molecule has 3 rings (SSSR count). The predicted molar refractivity (Wildman–Crippen MR) is 65.9 cm³/mol. The maximum atomic E-state index is 11.9. The van der Waals surface area contributed by atoms with Crippen LogP contribution in [0.25, 0.3) is 10.8 Å². The summed E-state index contributed by atoms with van der Waals surface area (Å²) in [7, 11) is 0. The molecule has 0 unspecified atom stereocenters. The lowest BCUT2D eigenvalue weighted by Gasteiger charge is -2.19. The van der Waals surface area contributed by atoms with Crippen molar-refractivity contribution in [3.05, 3.63) is 47.5 Å². The van der Waals surface area contributed by atoms with Crippen molar-refractivity contribution < 1.29 is 4.79 Å². The Kier molecular flexibility index (Phi) is 1.76. The standard InChI is InChI=1S/C15H14O/c1-15(2)9-13(16)12-8-7-10-5-3-4-6-11(10)14(12)15/h3-8H,9H2,1-2H3. The third-order valence-electron chi connectivity index (χ3n) is 3.51. The van der Waals surface area contributed by atoms with Crippen molar-refractivity contribution >= 4 is 16.6 Å². The van der Waals surface area contributed by atoms with Crippen molar-refractivity contribution in [1.82, 2.24) is 0 Å². The first kappa shape index (κ1) is 9.59. The van der Waals surface area contributed by atoms with E-state index in [0.29, 0.717) is 6.42 Å². The molecule has 0 atom stereocenters. The summed E-state index contributed by atoms with van der Waals surface area (Å²) in [6.07, 6.45) is 0.635. The second-order valence-corrected chi connectivity index (χ2v) is 5.19. The van der Waals surface area contributed by atoms with Crippen molar-refractivity contribution in [2.45, 2.75) is 25.7 Å². The fraction of sp³-hybridized carbons (Fsp3) is 0.267. The van der Waals surface area contributed by atoms with E-state index in [0.717, 1.165) is 5.56 Å². The predicted octanol–water partition coefficient (Wildman–Crippen LogP) is 3.70. The number of rotatable bonds is 0. The van der Waals surface area contributed by atoms with Crippen molar-refractivity contribution in [2.24, 2.45) is 0 Å². The summed E-state index contributed by atoms with van der Waals surface area (Å²) in [6.45, 7) is 4.31. The van der Waals surface area contributed by atoms with Gasteiger partial charge in [0.1, 0.15) is 0 Å². The third-order valence-corrected chi connectivity index (χ3v) is 3.51. The summed E-state index contributed by atoms with van der Waals surface area (Å²) in [5, 5.41) is 2.46. The maximum Gasteiger partial charge on any atom is 0.164 e. The zero-order valence-corrected chi connectivity index (χ0v) is 9.58. The summed E-state index contributed by atoms with van der Waals surface area (Å²) in [6, 6.07) is 12.3. The molecule has 0 saturated carbocycles. The Morgan fingerprint density at radius 2 is 1.81 bits per heavy atom. The summed E-state index contributed by atoms with van der Waals surface area (Å²) < 4.78 is 0. The van der Waals surface area contributed by atoms with Gasteiger partial charge in [-0.15, -0.1) is 0 Å². The van der Waals surface area contributed by atoms with Crippen LogP contribution in [0.1, 0.15) is 36.2 Å². The zero-order valence-electron chi connectivity index (χ0n) is 9.58. The van der Waals surface area contributed by atoms with E-state index in [9.17, 15) is 4.79 Å². The molecule has 0 aliphatic heterocycles. The molecule has 1 heteroatoms. The van der Waals surface area contributed by atoms with E-state index >= 15 is 0 Å². The van der Waals surface area contributed by atoms with E-state index in [1.807, 2.05) is 24.3 Å². The molecule has 0 radical (unpaired) electrons. The van der Waals surface area contributed by atoms with Crippen LogP contribution in [0.2, 0.25) is 0 Å². The minimum atomic E-state index is -0.0206. The number of hydrogen-bond donors (Lipinski definition) is 0. The van der Waals surface area contributed by atoms with E-state index < -0.39 is 0 Å². The number of fused-ring (bicyclic) bond motifs is 3. The summed E-state index contributed by atoms with van der Waals surface area (Å²) in [5.41, 5.74) is 2.13. The molecule has 1 aliphatic rings. The van der Waals surface area contributed by atoms with Crippen LogP contribution >= 0.6 is 0 Å². The molecule has 16 heavy (non-hydrogen) atoms. The SMILES string of the molecule is CC1(C)CC(=O)c2ccc3ccccc3c21. The second kappa shape index (κ2) is 2.94. The van der Waals surface area contributed by atoms with Gasteiger partial charge in [0.15, 0.2) is 5.78 Å². The minimum Gasteiger partial charge on any atom is -0.294 e. The van der Waals surface area contributed by atoms with E-state index in [1.165, 1.54) is 16.3 Å². The third kappa shape index (κ3) is 1.15. The molecular formula is C15H14O. The zero-order chi connectivity index (χ0) is 11.3. The van der Waals surface area contributed by atoms with Gasteiger partial charge in [-0.3, -0.25) is 4.79 Å². The molecular weight excluding hydrogens is 196 g/mol. The molecule has 0 aromatic heterocycles. The number of Topliss-reactive ketones (excluding diaryl/α,β-unsaturated/α-hetero) is 1. The Morgan fingerprint density at radius 3 is 2.62 bits per heavy atom. The number of ketones is 1. The van der Waals surface area contributed by atoms with Gasteiger partial charge in [0.05, 0.1) is 0 Å². The molecule has 2 aromatic carbocycles. The van der Waals surface area contributed by atoms with Crippen LogP contribution in [0.3, 0.4) is 0 Å². The minimum absolute atomic E-state index is 0.0206. The lowest BCUT2D eigenvalue weighted by Crippen LogP contribution is -2.13. The summed E-state index contributed by atoms with van der Waals surface area (Å²) in [4.78, 5) is 11.9. The van der Waals surface area contributed by atoms with Crippen molar-refractivity contribution in [3.8, 4) is 0 Å². The van der Waals surface area contributed by atoms with Crippen LogP contribution in [-0.2, 0) is 5.41 Å². The Bertz CT molecular complexity index is 593. The van der Waals surface area contributed by atoms with Crippen LogP contribution in [0.4, 0.5) is 0 Å². The largest absolute Gasteiger partial charge is 0.294 e. The molecule has 0 bridgehead atoms. The molecule has 0 fully saturated rings. The van der Waals surface area contributed by atoms with Crippen molar-refractivity contribution in [2.75, 3.05) is 0 Å². The molecule has 0 amide bonds. The van der Waals surface area contributed by atoms with Crippen LogP contribution in [0.15, 0.2) is 36.4 Å². The molecule has 0 N–H and O–H groups in total. The Morgan fingerprint density at radius 1 is 1.06 bits per heavy atom. The van der Waals surface area contributed by atoms with Gasteiger partial charge >= 0.3 is 0 Å². The second-order valence-electron chi connectivity index (χ2n) is 5.19. The Labute approximate surface area is 95.1 Å². The molecule has 80 valence electrons. The quantitative estimate of drug-likeness (QED) is 0.648. The van der Waals surface area contributed by atoms with Gasteiger partial charge in [0.25, 0.3) is 0 Å². The van der Waals surface area contributed by atoms with Gasteiger partial charge in [0.2, 0.25) is 0 Å². The fourth-order valence-electron chi connectivity index (χ4n) is 2.82. The highest BCUT2D eigenvalue weighted by atomic mass is 16.1. The van der Waals surface area contributed by atoms with Crippen molar-refractivity contribution in [3.63, 3.8) is 0 Å². The first-order valence-corrected chi connectivity index (χ1v) is 5.65. The summed E-state index contributed by atoms with van der Waals surface area (Å²) in [5.74, 6) is 0.283. The van der Waals surface area contributed by atoms with E-state index in [2.05, 4.69) is 26.0 Å². The topological polar surface area (TPSA) is 17.1 Å². The van der Waals surface area contributed by atoms with Crippen LogP contribution in [-0.4, -0.2) is 5.78 Å². The van der Waals surface area contributed by atoms with E-state index in [4.69, 9.17) is 0 Å². The van der Waals surface area contributed by atoms with Gasteiger partial charge < -0.3 is 0 Å².